The fraction of sp³-hybridized carbons (Fsp3) is 0.714. The van der Waals surface area contributed by atoms with Gasteiger partial charge in [-0.05, 0) is 10.4 Å². The number of aliphatic carboxylic acids is 1. The van der Waals surface area contributed by atoms with Gasteiger partial charge in [0.25, 0.3) is 5.82 Å². The van der Waals surface area contributed by atoms with Gasteiger partial charge in [-0.3, -0.25) is 4.79 Å². The van der Waals surface area contributed by atoms with Gasteiger partial charge in [0.15, 0.2) is 0 Å². The highest BCUT2D eigenvalue weighted by atomic mass is 19.4. The molecule has 1 rings (SSSR count). The number of nitrogens with zero attached hydrogens (tertiary/aromatic N) is 4. The number of hydrogen-bond donors (Lipinski definition) is 1. The van der Waals surface area contributed by atoms with E-state index in [0.29, 0.717) is 4.68 Å². The van der Waals surface area contributed by atoms with E-state index in [1.807, 2.05) is 0 Å². The third-order valence-corrected chi connectivity index (χ3v) is 1.90. The Labute approximate surface area is 93.2 Å². The monoisotopic (exact) mass is 254 g/mol. The summed E-state index contributed by atoms with van der Waals surface area (Å²) in [4.78, 5) is 10.4. The largest absolute Gasteiger partial charge is 0.481 e. The molecule has 0 aliphatic heterocycles. The van der Waals surface area contributed by atoms with Gasteiger partial charge >= 0.3 is 12.1 Å². The molecule has 1 unspecified atom stereocenters. The topological polar surface area (TPSA) is 90.1 Å². The molecule has 0 aliphatic rings. The van der Waals surface area contributed by atoms with Crippen LogP contribution in [0.2, 0.25) is 0 Å². The van der Waals surface area contributed by atoms with Crippen molar-refractivity contribution in [2.45, 2.75) is 25.2 Å². The van der Waals surface area contributed by atoms with Crippen molar-refractivity contribution in [3.05, 3.63) is 5.82 Å². The van der Waals surface area contributed by atoms with Crippen LogP contribution in [0.15, 0.2) is 0 Å². The van der Waals surface area contributed by atoms with E-state index in [1.54, 1.807) is 0 Å². The van der Waals surface area contributed by atoms with Crippen LogP contribution < -0.4 is 0 Å². The molecule has 1 N–H and O–H groups in total. The summed E-state index contributed by atoms with van der Waals surface area (Å²) in [5.41, 5.74) is 0. The molecule has 7 nitrogen and oxygen atoms in total. The summed E-state index contributed by atoms with van der Waals surface area (Å²) in [6, 6.07) is 0. The first-order valence-electron chi connectivity index (χ1n) is 4.42. The molecule has 0 spiro atoms. The lowest BCUT2D eigenvalue weighted by Gasteiger charge is -2.14. The minimum absolute atomic E-state index is 0.384. The van der Waals surface area contributed by atoms with Gasteiger partial charge in [-0.1, -0.05) is 0 Å². The lowest BCUT2D eigenvalue weighted by Crippen LogP contribution is -2.26. The Morgan fingerprint density at radius 1 is 1.59 bits per heavy atom. The summed E-state index contributed by atoms with van der Waals surface area (Å²) in [5.74, 6) is -2.47. The van der Waals surface area contributed by atoms with Crippen molar-refractivity contribution in [2.75, 3.05) is 7.11 Å². The molecule has 10 heteroatoms. The first-order chi connectivity index (χ1) is 7.84. The molecule has 0 saturated heterocycles. The number of carboxylic acids is 1. The highest BCUT2D eigenvalue weighted by Gasteiger charge is 2.38. The normalized spacial score (nSPS) is 13.6. The van der Waals surface area contributed by atoms with Crippen molar-refractivity contribution >= 4 is 5.97 Å². The maximum atomic E-state index is 12.4. The Balaban J connectivity index is 2.80. The lowest BCUT2D eigenvalue weighted by atomic mass is 10.2. The molecule has 0 bridgehead atoms. The quantitative estimate of drug-likeness (QED) is 0.806. The molecule has 0 fully saturated rings. The average Bonchev–Trinajstić information content (AvgIpc) is 2.63. The van der Waals surface area contributed by atoms with E-state index >= 15 is 0 Å². The van der Waals surface area contributed by atoms with E-state index in [4.69, 9.17) is 9.84 Å². The number of carbonyl (C=O) groups is 1. The third kappa shape index (κ3) is 3.66. The summed E-state index contributed by atoms with van der Waals surface area (Å²) in [7, 11) is 1.20. The van der Waals surface area contributed by atoms with Gasteiger partial charge in [-0.15, -0.1) is 5.10 Å². The maximum Gasteiger partial charge on any atom is 0.453 e. The smallest absolute Gasteiger partial charge is 0.453 e. The molecular weight excluding hydrogens is 245 g/mol. The number of halogens is 3. The first kappa shape index (κ1) is 13.4. The molecule has 0 aliphatic carbocycles. The van der Waals surface area contributed by atoms with Crippen LogP contribution >= 0.6 is 0 Å². The van der Waals surface area contributed by atoms with E-state index in [1.165, 1.54) is 7.11 Å². The van der Waals surface area contributed by atoms with Gasteiger partial charge in [0.05, 0.1) is 19.1 Å². The second-order valence-corrected chi connectivity index (χ2v) is 3.14. The standard InChI is InChI=1S/C7H9F3N4O3/c1-17-4(2-5(15)16)3-14-6(7(8,9)10)11-12-13-14/h4H,2-3H2,1H3,(H,15,16). The Kier molecular flexibility index (Phi) is 3.99. The molecule has 0 aromatic carbocycles. The fourth-order valence-corrected chi connectivity index (χ4v) is 1.14. The van der Waals surface area contributed by atoms with Gasteiger partial charge < -0.3 is 9.84 Å². The zero-order valence-corrected chi connectivity index (χ0v) is 8.68. The molecule has 1 heterocycles. The summed E-state index contributed by atoms with van der Waals surface area (Å²) in [5, 5.41) is 17.4. The predicted octanol–water partition coefficient (Wildman–Crippen LogP) is 0.182. The highest BCUT2D eigenvalue weighted by Crippen LogP contribution is 2.26. The average molecular weight is 254 g/mol. The molecule has 1 aromatic rings. The SMILES string of the molecule is COC(CC(=O)O)Cn1nnnc1C(F)(F)F. The van der Waals surface area contributed by atoms with Crippen LogP contribution in [0, 0.1) is 0 Å². The van der Waals surface area contributed by atoms with E-state index < -0.39 is 30.5 Å². The van der Waals surface area contributed by atoms with Crippen LogP contribution in [0.1, 0.15) is 12.2 Å². The van der Waals surface area contributed by atoms with Gasteiger partial charge in [-0.2, -0.15) is 13.2 Å². The van der Waals surface area contributed by atoms with E-state index in [-0.39, 0.29) is 6.54 Å². The Hall–Kier alpha value is -1.71. The summed E-state index contributed by atoms with van der Waals surface area (Å²) >= 11 is 0. The number of tetrazole rings is 1. The summed E-state index contributed by atoms with van der Waals surface area (Å²) < 4.78 is 42.3. The zero-order valence-electron chi connectivity index (χ0n) is 8.68. The Morgan fingerprint density at radius 2 is 2.24 bits per heavy atom. The van der Waals surface area contributed by atoms with E-state index in [9.17, 15) is 18.0 Å². The minimum atomic E-state index is -4.69. The Bertz CT molecular complexity index is 392. The predicted molar refractivity (Wildman–Crippen MR) is 45.9 cm³/mol. The first-order valence-corrected chi connectivity index (χ1v) is 4.42. The number of hydrogen-bond acceptors (Lipinski definition) is 5. The highest BCUT2D eigenvalue weighted by molar-refractivity contribution is 5.67. The van der Waals surface area contributed by atoms with Gasteiger partial charge in [-0.25, -0.2) is 4.68 Å². The van der Waals surface area contributed by atoms with E-state index in [2.05, 4.69) is 15.5 Å². The molecule has 0 amide bonds. The van der Waals surface area contributed by atoms with Crippen LogP contribution in [-0.4, -0.2) is 44.5 Å². The van der Waals surface area contributed by atoms with Gasteiger partial charge in [0.1, 0.15) is 0 Å². The lowest BCUT2D eigenvalue weighted by molar-refractivity contribution is -0.149. The Morgan fingerprint density at radius 3 is 2.71 bits per heavy atom. The van der Waals surface area contributed by atoms with Crippen LogP contribution in [0.5, 0.6) is 0 Å². The van der Waals surface area contributed by atoms with Crippen molar-refractivity contribution in [1.29, 1.82) is 0 Å². The van der Waals surface area contributed by atoms with Crippen molar-refractivity contribution < 1.29 is 27.8 Å². The van der Waals surface area contributed by atoms with Crippen molar-refractivity contribution in [2.24, 2.45) is 0 Å². The fourth-order valence-electron chi connectivity index (χ4n) is 1.14. The number of methoxy groups -OCH3 is 1. The number of ether oxygens (including phenoxy) is 1. The molecule has 0 radical (unpaired) electrons. The molecule has 17 heavy (non-hydrogen) atoms. The minimum Gasteiger partial charge on any atom is -0.481 e. The molecule has 96 valence electrons. The maximum absolute atomic E-state index is 12.4. The van der Waals surface area contributed by atoms with Crippen LogP contribution in [-0.2, 0) is 22.3 Å². The molecular formula is C7H9F3N4O3. The van der Waals surface area contributed by atoms with Gasteiger partial charge in [0.2, 0.25) is 0 Å². The van der Waals surface area contributed by atoms with Crippen molar-refractivity contribution in [3.63, 3.8) is 0 Å². The molecule has 0 saturated carbocycles. The number of rotatable bonds is 5. The second-order valence-electron chi connectivity index (χ2n) is 3.14. The molecule has 1 aromatic heterocycles. The number of alkyl halides is 3. The number of carboxylic acid groups (broad SMARTS) is 1. The van der Waals surface area contributed by atoms with Crippen LogP contribution in [0.4, 0.5) is 13.2 Å². The zero-order chi connectivity index (χ0) is 13.1. The second kappa shape index (κ2) is 5.08. The van der Waals surface area contributed by atoms with Crippen LogP contribution in [0.25, 0.3) is 0 Å². The van der Waals surface area contributed by atoms with E-state index in [0.717, 1.165) is 0 Å². The van der Waals surface area contributed by atoms with Crippen LogP contribution in [0.3, 0.4) is 0 Å². The van der Waals surface area contributed by atoms with Crippen molar-refractivity contribution in [1.82, 2.24) is 20.2 Å². The summed E-state index contributed by atoms with van der Waals surface area (Å²) in [6.07, 6.45) is -6.06. The number of aromatic nitrogens is 4. The third-order valence-electron chi connectivity index (χ3n) is 1.90. The molecule has 1 atom stereocenters. The van der Waals surface area contributed by atoms with Crippen molar-refractivity contribution in [3.8, 4) is 0 Å². The van der Waals surface area contributed by atoms with Gasteiger partial charge in [0, 0.05) is 7.11 Å². The summed E-state index contributed by atoms with van der Waals surface area (Å²) in [6.45, 7) is -0.384.